The van der Waals surface area contributed by atoms with Crippen LogP contribution in [0, 0.1) is 0 Å². The molecule has 6 rings (SSSR count). The van der Waals surface area contributed by atoms with Crippen molar-refractivity contribution in [2.75, 3.05) is 62.0 Å². The number of nitrogens with zero attached hydrogens (tertiary/aromatic N) is 6. The van der Waals surface area contributed by atoms with Gasteiger partial charge in [0.05, 0.1) is 43.1 Å². The second-order valence-corrected chi connectivity index (χ2v) is 10.3. The molecule has 0 unspecified atom stereocenters. The van der Waals surface area contributed by atoms with E-state index in [4.69, 9.17) is 19.6 Å². The molecule has 12 heteroatoms. The Labute approximate surface area is 249 Å². The van der Waals surface area contributed by atoms with Crippen molar-refractivity contribution >= 4 is 28.9 Å². The fourth-order valence-electron chi connectivity index (χ4n) is 5.11. The van der Waals surface area contributed by atoms with Crippen molar-refractivity contribution in [2.45, 2.75) is 13.0 Å². The highest BCUT2D eigenvalue weighted by Crippen LogP contribution is 2.39. The quantitative estimate of drug-likeness (QED) is 0.260. The third kappa shape index (κ3) is 6.35. The lowest BCUT2D eigenvalue weighted by Crippen LogP contribution is -2.36. The summed E-state index contributed by atoms with van der Waals surface area (Å²) in [4.78, 5) is 25.8. The second kappa shape index (κ2) is 12.6. The number of hydrogen-bond donors (Lipinski definition) is 2. The van der Waals surface area contributed by atoms with Crippen LogP contribution in [0.2, 0.25) is 0 Å². The Morgan fingerprint density at radius 2 is 1.88 bits per heavy atom. The van der Waals surface area contributed by atoms with Crippen molar-refractivity contribution in [3.63, 3.8) is 0 Å². The molecule has 2 N–H and O–H groups in total. The maximum atomic E-state index is 13.7. The van der Waals surface area contributed by atoms with E-state index in [1.165, 1.54) is 6.42 Å². The highest BCUT2D eigenvalue weighted by molar-refractivity contribution is 6.04. The molecular weight excluding hydrogens is 551 g/mol. The summed E-state index contributed by atoms with van der Waals surface area (Å²) in [5.74, 6) is -0.642. The van der Waals surface area contributed by atoms with Crippen LogP contribution in [0.25, 0.3) is 17.1 Å². The average molecular weight is 585 g/mol. The predicted octanol–water partition coefficient (Wildman–Crippen LogP) is 4.55. The Morgan fingerprint density at radius 3 is 2.58 bits per heavy atom. The number of aromatic nitrogens is 4. The number of nitrogens with one attached hydrogen (secondary N) is 2. The number of benzene rings is 2. The summed E-state index contributed by atoms with van der Waals surface area (Å²) in [5.41, 5.74) is 4.63. The minimum Gasteiger partial charge on any atom is -0.494 e. The molecule has 2 aliphatic rings. The standard InChI is InChI=1S/C31H33FN8O3/c1-21(32)30(41)34-24-17-25(27(42-2)18-26(24)39-13-15-43-16-14-39)35-31-33-10-9-28(36-31)40-20-23(19-38-11-6-12-38)29(37-40)22-7-4-3-5-8-22/h3-5,7-10,17-18,20H,1,6,11-16,19H2,2H3,(H,34,41)(H,33,35,36). The Kier molecular flexibility index (Phi) is 8.29. The molecule has 0 saturated carbocycles. The first-order valence-electron chi connectivity index (χ1n) is 14.2. The topological polar surface area (TPSA) is 110 Å². The molecule has 4 heterocycles. The van der Waals surface area contributed by atoms with Crippen LogP contribution in [-0.2, 0) is 16.1 Å². The van der Waals surface area contributed by atoms with Gasteiger partial charge in [-0.15, -0.1) is 0 Å². The number of carbonyl (C=O) groups excluding carboxylic acids is 1. The van der Waals surface area contributed by atoms with E-state index in [2.05, 4.69) is 39.2 Å². The van der Waals surface area contributed by atoms with E-state index < -0.39 is 11.7 Å². The van der Waals surface area contributed by atoms with Gasteiger partial charge in [0.2, 0.25) is 5.95 Å². The number of rotatable bonds is 10. The third-order valence-electron chi connectivity index (χ3n) is 7.47. The van der Waals surface area contributed by atoms with Gasteiger partial charge in [-0.1, -0.05) is 36.9 Å². The molecule has 0 radical (unpaired) electrons. The Hall–Kier alpha value is -4.81. The Balaban J connectivity index is 1.32. The van der Waals surface area contributed by atoms with Crippen LogP contribution in [0.5, 0.6) is 5.75 Å². The summed E-state index contributed by atoms with van der Waals surface area (Å²) in [6, 6.07) is 15.4. The van der Waals surface area contributed by atoms with E-state index in [0.717, 1.165) is 36.5 Å². The molecule has 222 valence electrons. The van der Waals surface area contributed by atoms with Gasteiger partial charge >= 0.3 is 0 Å². The van der Waals surface area contributed by atoms with Crippen LogP contribution in [0.3, 0.4) is 0 Å². The number of methoxy groups -OCH3 is 1. The number of likely N-dealkylation sites (tertiary alicyclic amines) is 1. The van der Waals surface area contributed by atoms with Crippen molar-refractivity contribution in [3.05, 3.63) is 78.9 Å². The van der Waals surface area contributed by atoms with Crippen molar-refractivity contribution in [3.8, 4) is 22.8 Å². The van der Waals surface area contributed by atoms with E-state index in [1.807, 2.05) is 29.3 Å². The average Bonchev–Trinajstić information content (AvgIpc) is 3.44. The van der Waals surface area contributed by atoms with Gasteiger partial charge < -0.3 is 25.0 Å². The molecule has 2 fully saturated rings. The van der Waals surface area contributed by atoms with Gasteiger partial charge in [-0.05, 0) is 25.6 Å². The molecule has 0 bridgehead atoms. The molecule has 2 aromatic heterocycles. The van der Waals surface area contributed by atoms with E-state index in [9.17, 15) is 9.18 Å². The lowest BCUT2D eigenvalue weighted by Gasteiger charge is -2.31. The fraction of sp³-hybridized carbons (Fsp3) is 0.290. The summed E-state index contributed by atoms with van der Waals surface area (Å²) >= 11 is 0. The van der Waals surface area contributed by atoms with Crippen molar-refractivity contribution in [1.29, 1.82) is 0 Å². The highest BCUT2D eigenvalue weighted by atomic mass is 19.1. The van der Waals surface area contributed by atoms with Crippen LogP contribution in [-0.4, -0.2) is 77.1 Å². The Bertz CT molecular complexity index is 1620. The number of ether oxygens (including phenoxy) is 2. The van der Waals surface area contributed by atoms with Crippen LogP contribution >= 0.6 is 0 Å². The minimum atomic E-state index is -1.09. The summed E-state index contributed by atoms with van der Waals surface area (Å²) < 4.78 is 26.6. The van der Waals surface area contributed by atoms with Crippen molar-refractivity contribution < 1.29 is 18.7 Å². The third-order valence-corrected chi connectivity index (χ3v) is 7.47. The van der Waals surface area contributed by atoms with E-state index in [1.54, 1.807) is 36.2 Å². The monoisotopic (exact) mass is 584 g/mol. The SMILES string of the molecule is C=C(F)C(=O)Nc1cc(Nc2nccc(-n3cc(CN4CCC4)c(-c4ccccc4)n3)n2)c(OC)cc1N1CCOCC1. The van der Waals surface area contributed by atoms with Gasteiger partial charge in [0.1, 0.15) is 5.75 Å². The van der Waals surface area contributed by atoms with Crippen LogP contribution in [0.1, 0.15) is 12.0 Å². The number of morpholine rings is 1. The molecule has 43 heavy (non-hydrogen) atoms. The minimum absolute atomic E-state index is 0.295. The van der Waals surface area contributed by atoms with E-state index in [-0.39, 0.29) is 0 Å². The van der Waals surface area contributed by atoms with Gasteiger partial charge in [0.15, 0.2) is 11.6 Å². The number of carbonyl (C=O) groups is 1. The van der Waals surface area contributed by atoms with Crippen molar-refractivity contribution in [2.24, 2.45) is 0 Å². The lowest BCUT2D eigenvalue weighted by atomic mass is 10.1. The molecule has 0 spiro atoms. The maximum absolute atomic E-state index is 13.7. The molecule has 0 atom stereocenters. The van der Waals surface area contributed by atoms with Crippen LogP contribution in [0.15, 0.2) is 73.3 Å². The summed E-state index contributed by atoms with van der Waals surface area (Å²) in [6.07, 6.45) is 4.87. The smallest absolute Gasteiger partial charge is 0.283 e. The zero-order valence-electron chi connectivity index (χ0n) is 23.9. The summed E-state index contributed by atoms with van der Waals surface area (Å²) in [6.45, 7) is 8.37. The lowest BCUT2D eigenvalue weighted by molar-refractivity contribution is -0.114. The molecule has 2 aliphatic heterocycles. The van der Waals surface area contributed by atoms with Gasteiger partial charge in [0.25, 0.3) is 5.91 Å². The normalized spacial score (nSPS) is 15.1. The zero-order chi connectivity index (χ0) is 29.8. The maximum Gasteiger partial charge on any atom is 0.283 e. The molecular formula is C31H33FN8O3. The first-order chi connectivity index (χ1) is 21.0. The van der Waals surface area contributed by atoms with Gasteiger partial charge in [-0.25, -0.2) is 14.1 Å². The van der Waals surface area contributed by atoms with Crippen LogP contribution in [0.4, 0.5) is 27.4 Å². The number of amides is 1. The van der Waals surface area contributed by atoms with Crippen molar-refractivity contribution in [1.82, 2.24) is 24.6 Å². The first-order valence-corrected chi connectivity index (χ1v) is 14.2. The summed E-state index contributed by atoms with van der Waals surface area (Å²) in [5, 5.41) is 10.7. The number of hydrogen-bond acceptors (Lipinski definition) is 9. The highest BCUT2D eigenvalue weighted by Gasteiger charge is 2.22. The number of halogens is 1. The molecule has 2 aromatic carbocycles. The van der Waals surface area contributed by atoms with E-state index in [0.29, 0.717) is 60.9 Å². The number of anilines is 4. The first kappa shape index (κ1) is 28.3. The summed E-state index contributed by atoms with van der Waals surface area (Å²) in [7, 11) is 1.55. The molecule has 4 aromatic rings. The van der Waals surface area contributed by atoms with Crippen LogP contribution < -0.4 is 20.3 Å². The second-order valence-electron chi connectivity index (χ2n) is 10.3. The molecule has 0 aliphatic carbocycles. The fourth-order valence-corrected chi connectivity index (χ4v) is 5.11. The Morgan fingerprint density at radius 1 is 1.09 bits per heavy atom. The molecule has 11 nitrogen and oxygen atoms in total. The zero-order valence-corrected chi connectivity index (χ0v) is 23.9. The van der Waals surface area contributed by atoms with Gasteiger partial charge in [0, 0.05) is 55.3 Å². The molecule has 1 amide bonds. The van der Waals surface area contributed by atoms with E-state index >= 15 is 0 Å². The molecule has 2 saturated heterocycles. The van der Waals surface area contributed by atoms with Gasteiger partial charge in [-0.3, -0.25) is 9.69 Å². The predicted molar refractivity (Wildman–Crippen MR) is 163 cm³/mol. The van der Waals surface area contributed by atoms with Gasteiger partial charge in [-0.2, -0.15) is 10.1 Å². The largest absolute Gasteiger partial charge is 0.494 e.